The summed E-state index contributed by atoms with van der Waals surface area (Å²) in [4.78, 5) is 5.55. The molecule has 1 aromatic heterocycles. The lowest BCUT2D eigenvalue weighted by Crippen LogP contribution is -1.93. The summed E-state index contributed by atoms with van der Waals surface area (Å²) >= 11 is 1.67. The average molecular weight is 292 g/mol. The Bertz CT molecular complexity index is 737. The van der Waals surface area contributed by atoms with Gasteiger partial charge in [-0.2, -0.15) is 0 Å². The van der Waals surface area contributed by atoms with Gasteiger partial charge in [0.2, 0.25) is 0 Å². The lowest BCUT2D eigenvalue weighted by molar-refractivity contribution is 1.27. The van der Waals surface area contributed by atoms with E-state index >= 15 is 0 Å². The van der Waals surface area contributed by atoms with Crippen LogP contribution in [0.15, 0.2) is 71.6 Å². The highest BCUT2D eigenvalue weighted by Crippen LogP contribution is 2.27. The minimum atomic E-state index is 0.559. The molecule has 21 heavy (non-hydrogen) atoms. The van der Waals surface area contributed by atoms with E-state index in [0.29, 0.717) is 5.82 Å². The maximum atomic E-state index is 5.87. The Morgan fingerprint density at radius 2 is 1.43 bits per heavy atom. The number of anilines is 1. The second-order valence-electron chi connectivity index (χ2n) is 4.76. The van der Waals surface area contributed by atoms with Crippen LogP contribution in [0.1, 0.15) is 0 Å². The first-order valence-corrected chi connectivity index (χ1v) is 7.96. The van der Waals surface area contributed by atoms with Crippen molar-refractivity contribution < 1.29 is 0 Å². The summed E-state index contributed by atoms with van der Waals surface area (Å²) in [5.41, 5.74) is 10.3. The van der Waals surface area contributed by atoms with Gasteiger partial charge in [0, 0.05) is 10.5 Å². The van der Waals surface area contributed by atoms with Gasteiger partial charge in [0.15, 0.2) is 0 Å². The van der Waals surface area contributed by atoms with Crippen molar-refractivity contribution in [1.82, 2.24) is 4.98 Å². The third kappa shape index (κ3) is 3.09. The minimum absolute atomic E-state index is 0.559. The lowest BCUT2D eigenvalue weighted by Gasteiger charge is -2.07. The SMILES string of the molecule is CSc1cc(N)nc(-c2ccc(-c3ccccc3)cc2)c1. The van der Waals surface area contributed by atoms with Crippen LogP contribution in [-0.4, -0.2) is 11.2 Å². The maximum absolute atomic E-state index is 5.87. The molecule has 3 rings (SSSR count). The summed E-state index contributed by atoms with van der Waals surface area (Å²) in [7, 11) is 0. The van der Waals surface area contributed by atoms with Gasteiger partial charge in [0.25, 0.3) is 0 Å². The largest absolute Gasteiger partial charge is 0.384 e. The molecular weight excluding hydrogens is 276 g/mol. The van der Waals surface area contributed by atoms with Crippen molar-refractivity contribution >= 4 is 17.6 Å². The van der Waals surface area contributed by atoms with Crippen molar-refractivity contribution in [2.24, 2.45) is 0 Å². The predicted molar refractivity (Wildman–Crippen MR) is 91.3 cm³/mol. The van der Waals surface area contributed by atoms with E-state index in [-0.39, 0.29) is 0 Å². The smallest absolute Gasteiger partial charge is 0.125 e. The number of pyridine rings is 1. The van der Waals surface area contributed by atoms with Gasteiger partial charge in [-0.1, -0.05) is 54.6 Å². The van der Waals surface area contributed by atoms with Crippen LogP contribution in [0.3, 0.4) is 0 Å². The molecule has 2 nitrogen and oxygen atoms in total. The topological polar surface area (TPSA) is 38.9 Å². The summed E-state index contributed by atoms with van der Waals surface area (Å²) in [6.07, 6.45) is 2.04. The van der Waals surface area contributed by atoms with E-state index in [0.717, 1.165) is 16.2 Å². The number of thioether (sulfide) groups is 1. The van der Waals surface area contributed by atoms with Crippen LogP contribution in [0.4, 0.5) is 5.82 Å². The molecule has 0 aliphatic rings. The van der Waals surface area contributed by atoms with E-state index in [2.05, 4.69) is 47.4 Å². The zero-order valence-corrected chi connectivity index (χ0v) is 12.6. The molecule has 3 aromatic rings. The van der Waals surface area contributed by atoms with E-state index in [4.69, 9.17) is 5.73 Å². The monoisotopic (exact) mass is 292 g/mol. The first-order valence-electron chi connectivity index (χ1n) is 6.74. The Morgan fingerprint density at radius 1 is 0.810 bits per heavy atom. The first-order chi connectivity index (χ1) is 10.3. The van der Waals surface area contributed by atoms with Gasteiger partial charge >= 0.3 is 0 Å². The van der Waals surface area contributed by atoms with Crippen LogP contribution in [0.2, 0.25) is 0 Å². The van der Waals surface area contributed by atoms with Gasteiger partial charge in [-0.3, -0.25) is 0 Å². The Morgan fingerprint density at radius 3 is 2.10 bits per heavy atom. The minimum Gasteiger partial charge on any atom is -0.384 e. The number of benzene rings is 2. The molecule has 3 heteroatoms. The zero-order chi connectivity index (χ0) is 14.7. The second-order valence-corrected chi connectivity index (χ2v) is 5.64. The summed E-state index contributed by atoms with van der Waals surface area (Å²) in [6.45, 7) is 0. The van der Waals surface area contributed by atoms with Crippen LogP contribution in [0.25, 0.3) is 22.4 Å². The molecule has 0 aliphatic heterocycles. The van der Waals surface area contributed by atoms with Gasteiger partial charge in [-0.25, -0.2) is 4.98 Å². The number of nitrogens with two attached hydrogens (primary N) is 1. The molecule has 0 amide bonds. The highest BCUT2D eigenvalue weighted by Gasteiger charge is 2.04. The van der Waals surface area contributed by atoms with Crippen LogP contribution >= 0.6 is 11.8 Å². The molecule has 0 saturated carbocycles. The van der Waals surface area contributed by atoms with Crippen LogP contribution in [-0.2, 0) is 0 Å². The number of hydrogen-bond donors (Lipinski definition) is 1. The third-order valence-corrected chi connectivity index (χ3v) is 4.05. The van der Waals surface area contributed by atoms with Crippen molar-refractivity contribution in [1.29, 1.82) is 0 Å². The number of rotatable bonds is 3. The summed E-state index contributed by atoms with van der Waals surface area (Å²) in [5, 5.41) is 0. The number of aromatic nitrogens is 1. The normalized spacial score (nSPS) is 10.5. The summed E-state index contributed by atoms with van der Waals surface area (Å²) < 4.78 is 0. The fourth-order valence-electron chi connectivity index (χ4n) is 2.26. The van der Waals surface area contributed by atoms with Crippen LogP contribution in [0, 0.1) is 0 Å². The first kappa shape index (κ1) is 13.7. The molecule has 0 radical (unpaired) electrons. The Hall–Kier alpha value is -2.26. The Balaban J connectivity index is 1.96. The van der Waals surface area contributed by atoms with Gasteiger partial charge in [0.05, 0.1) is 5.69 Å². The van der Waals surface area contributed by atoms with E-state index in [1.54, 1.807) is 11.8 Å². The second kappa shape index (κ2) is 6.02. The predicted octanol–water partition coefficient (Wildman–Crippen LogP) is 4.72. The standard InChI is InChI=1S/C18H16N2S/c1-21-16-11-17(20-18(19)12-16)15-9-7-14(8-10-15)13-5-3-2-4-6-13/h2-12H,1H3,(H2,19,20). The molecule has 0 spiro atoms. The van der Waals surface area contributed by atoms with E-state index in [1.165, 1.54) is 11.1 Å². The number of nitrogens with zero attached hydrogens (tertiary/aromatic N) is 1. The van der Waals surface area contributed by atoms with E-state index in [9.17, 15) is 0 Å². The summed E-state index contributed by atoms with van der Waals surface area (Å²) in [5.74, 6) is 0.559. The molecule has 104 valence electrons. The molecule has 1 heterocycles. The molecule has 0 unspecified atom stereocenters. The fraction of sp³-hybridized carbons (Fsp3) is 0.0556. The van der Waals surface area contributed by atoms with Crippen molar-refractivity contribution in [2.75, 3.05) is 12.0 Å². The molecule has 2 N–H and O–H groups in total. The van der Waals surface area contributed by atoms with E-state index in [1.807, 2.05) is 30.5 Å². The molecule has 2 aromatic carbocycles. The number of hydrogen-bond acceptors (Lipinski definition) is 3. The van der Waals surface area contributed by atoms with Crippen molar-refractivity contribution in [2.45, 2.75) is 4.90 Å². The third-order valence-electron chi connectivity index (χ3n) is 3.34. The fourth-order valence-corrected chi connectivity index (χ4v) is 2.72. The van der Waals surface area contributed by atoms with Crippen molar-refractivity contribution in [3.05, 3.63) is 66.7 Å². The van der Waals surface area contributed by atoms with Gasteiger partial charge in [-0.15, -0.1) is 11.8 Å². The van der Waals surface area contributed by atoms with E-state index < -0.39 is 0 Å². The highest BCUT2D eigenvalue weighted by atomic mass is 32.2. The highest BCUT2D eigenvalue weighted by molar-refractivity contribution is 7.98. The molecule has 0 atom stereocenters. The average Bonchev–Trinajstić information content (AvgIpc) is 2.55. The quantitative estimate of drug-likeness (QED) is 0.710. The number of nitrogen functional groups attached to an aromatic ring is 1. The lowest BCUT2D eigenvalue weighted by atomic mass is 10.0. The molecular formula is C18H16N2S. The summed E-state index contributed by atoms with van der Waals surface area (Å²) in [6, 6.07) is 22.7. The van der Waals surface area contributed by atoms with Gasteiger partial charge in [-0.05, 0) is 29.5 Å². The van der Waals surface area contributed by atoms with Crippen LogP contribution < -0.4 is 5.73 Å². The Kier molecular flexibility index (Phi) is 3.93. The van der Waals surface area contributed by atoms with Gasteiger partial charge in [0.1, 0.15) is 5.82 Å². The molecule has 0 bridgehead atoms. The molecule has 0 fully saturated rings. The zero-order valence-electron chi connectivity index (χ0n) is 11.8. The Labute approximate surface area is 129 Å². The molecule has 0 saturated heterocycles. The molecule has 0 aliphatic carbocycles. The van der Waals surface area contributed by atoms with Crippen LogP contribution in [0.5, 0.6) is 0 Å². The van der Waals surface area contributed by atoms with Crippen molar-refractivity contribution in [3.63, 3.8) is 0 Å². The van der Waals surface area contributed by atoms with Gasteiger partial charge < -0.3 is 5.73 Å². The van der Waals surface area contributed by atoms with Crippen molar-refractivity contribution in [3.8, 4) is 22.4 Å². The maximum Gasteiger partial charge on any atom is 0.125 e.